The predicted molar refractivity (Wildman–Crippen MR) is 121 cm³/mol. The first-order valence-corrected chi connectivity index (χ1v) is 13.0. The molecule has 10 nitrogen and oxygen atoms in total. The van der Waals surface area contributed by atoms with Crippen molar-refractivity contribution in [1.29, 1.82) is 0 Å². The van der Waals surface area contributed by atoms with Crippen molar-refractivity contribution in [3.63, 3.8) is 0 Å². The van der Waals surface area contributed by atoms with Gasteiger partial charge in [-0.05, 0) is 37.6 Å². The van der Waals surface area contributed by atoms with Gasteiger partial charge in [-0.25, -0.2) is 8.42 Å². The number of hydrogen-bond donors (Lipinski definition) is 1. The lowest BCUT2D eigenvalue weighted by molar-refractivity contribution is -0.134. The number of sulfone groups is 1. The molecular formula is C20H27N5O5S2. The molecule has 2 aromatic rings. The lowest BCUT2D eigenvalue weighted by Gasteiger charge is -2.21. The summed E-state index contributed by atoms with van der Waals surface area (Å²) in [4.78, 5) is 26.4. The van der Waals surface area contributed by atoms with Crippen LogP contribution in [0.4, 0.5) is 0 Å². The molecule has 2 amide bonds. The number of ether oxygens (including phenoxy) is 1. The van der Waals surface area contributed by atoms with Gasteiger partial charge in [0.1, 0.15) is 5.75 Å². The Hall–Kier alpha value is -2.60. The molecule has 1 aromatic carbocycles. The number of nitrogens with one attached hydrogen (secondary N) is 1. The number of thioether (sulfide) groups is 1. The van der Waals surface area contributed by atoms with Gasteiger partial charge in [-0.15, -0.1) is 10.2 Å². The second kappa shape index (κ2) is 10.3. The van der Waals surface area contributed by atoms with E-state index in [0.717, 1.165) is 11.3 Å². The number of methoxy groups -OCH3 is 1. The maximum atomic E-state index is 12.6. The largest absolute Gasteiger partial charge is 0.497 e. The highest BCUT2D eigenvalue weighted by Gasteiger charge is 2.29. The topological polar surface area (TPSA) is 123 Å². The van der Waals surface area contributed by atoms with Crippen LogP contribution in [-0.2, 0) is 26.5 Å². The fourth-order valence-electron chi connectivity index (χ4n) is 3.38. The molecule has 0 spiro atoms. The van der Waals surface area contributed by atoms with E-state index >= 15 is 0 Å². The smallest absolute Gasteiger partial charge is 0.239 e. The molecule has 0 radical (unpaired) electrons. The van der Waals surface area contributed by atoms with Crippen LogP contribution in [0.15, 0.2) is 29.4 Å². The first kappa shape index (κ1) is 24.1. The van der Waals surface area contributed by atoms with Crippen LogP contribution in [0.5, 0.6) is 5.75 Å². The van der Waals surface area contributed by atoms with Crippen LogP contribution in [-0.4, -0.2) is 83.4 Å². The Morgan fingerprint density at radius 2 is 2.00 bits per heavy atom. The number of carbonyl (C=O) groups excluding carboxylic acids is 2. The molecule has 1 aromatic heterocycles. The van der Waals surface area contributed by atoms with Crippen LogP contribution in [0.25, 0.3) is 11.4 Å². The van der Waals surface area contributed by atoms with Crippen molar-refractivity contribution >= 4 is 33.4 Å². The SMILES string of the molecule is CCN(CC(=O)N[C@@H]1CCS(=O)(=O)C1)C(=O)CSc1nnc(-c2ccc(OC)cc2)n1C. The van der Waals surface area contributed by atoms with E-state index in [1.807, 2.05) is 35.9 Å². The third kappa shape index (κ3) is 6.00. The van der Waals surface area contributed by atoms with Gasteiger partial charge < -0.3 is 19.5 Å². The van der Waals surface area contributed by atoms with E-state index in [-0.39, 0.29) is 41.7 Å². The number of nitrogens with zero attached hydrogens (tertiary/aromatic N) is 4. The van der Waals surface area contributed by atoms with Crippen molar-refractivity contribution < 1.29 is 22.7 Å². The number of carbonyl (C=O) groups is 2. The first-order chi connectivity index (χ1) is 15.2. The number of benzene rings is 1. The summed E-state index contributed by atoms with van der Waals surface area (Å²) in [6.07, 6.45) is 0.409. The highest BCUT2D eigenvalue weighted by atomic mass is 32.2. The molecule has 0 unspecified atom stereocenters. The van der Waals surface area contributed by atoms with Crippen LogP contribution in [0.3, 0.4) is 0 Å². The van der Waals surface area contributed by atoms with E-state index in [2.05, 4.69) is 15.5 Å². The summed E-state index contributed by atoms with van der Waals surface area (Å²) < 4.78 is 30.1. The van der Waals surface area contributed by atoms with Crippen molar-refractivity contribution in [1.82, 2.24) is 25.0 Å². The van der Waals surface area contributed by atoms with Crippen LogP contribution in [0.1, 0.15) is 13.3 Å². The number of aromatic nitrogens is 3. The third-order valence-electron chi connectivity index (χ3n) is 5.17. The van der Waals surface area contributed by atoms with Crippen molar-refractivity contribution in [2.24, 2.45) is 7.05 Å². The van der Waals surface area contributed by atoms with Gasteiger partial charge in [0.2, 0.25) is 11.8 Å². The first-order valence-electron chi connectivity index (χ1n) is 10.2. The number of hydrogen-bond acceptors (Lipinski definition) is 8. The van der Waals surface area contributed by atoms with Crippen molar-refractivity contribution in [2.75, 3.05) is 37.5 Å². The number of amides is 2. The van der Waals surface area contributed by atoms with E-state index in [1.165, 1.54) is 16.7 Å². The summed E-state index contributed by atoms with van der Waals surface area (Å²) in [7, 11) is 0.353. The highest BCUT2D eigenvalue weighted by molar-refractivity contribution is 7.99. The summed E-state index contributed by atoms with van der Waals surface area (Å²) in [5.74, 6) is 0.996. The molecule has 0 saturated carbocycles. The molecule has 12 heteroatoms. The average molecular weight is 482 g/mol. The lowest BCUT2D eigenvalue weighted by Crippen LogP contribution is -2.45. The van der Waals surface area contributed by atoms with Crippen molar-refractivity contribution in [3.8, 4) is 17.1 Å². The number of rotatable bonds is 9. The molecule has 0 aliphatic carbocycles. The normalized spacial score (nSPS) is 17.2. The summed E-state index contributed by atoms with van der Waals surface area (Å²) in [6.45, 7) is 2.05. The quantitative estimate of drug-likeness (QED) is 0.520. The van der Waals surface area contributed by atoms with Crippen LogP contribution < -0.4 is 10.1 Å². The summed E-state index contributed by atoms with van der Waals surface area (Å²) in [6, 6.07) is 7.06. The highest BCUT2D eigenvalue weighted by Crippen LogP contribution is 2.24. The molecule has 32 heavy (non-hydrogen) atoms. The molecule has 0 bridgehead atoms. The minimum absolute atomic E-state index is 0.0443. The van der Waals surface area contributed by atoms with Crippen molar-refractivity contribution in [2.45, 2.75) is 24.5 Å². The Morgan fingerprint density at radius 1 is 1.28 bits per heavy atom. The van der Waals surface area contributed by atoms with Gasteiger partial charge in [0.25, 0.3) is 0 Å². The van der Waals surface area contributed by atoms with E-state index in [4.69, 9.17) is 4.74 Å². The van der Waals surface area contributed by atoms with Crippen LogP contribution in [0.2, 0.25) is 0 Å². The predicted octanol–water partition coefficient (Wildman–Crippen LogP) is 0.735. The van der Waals surface area contributed by atoms with Gasteiger partial charge in [0.15, 0.2) is 20.8 Å². The molecule has 3 rings (SSSR count). The Kier molecular flexibility index (Phi) is 7.77. The molecule has 2 heterocycles. The summed E-state index contributed by atoms with van der Waals surface area (Å²) in [5, 5.41) is 11.7. The Bertz CT molecular complexity index is 1070. The lowest BCUT2D eigenvalue weighted by atomic mass is 10.2. The monoisotopic (exact) mass is 481 g/mol. The second-order valence-electron chi connectivity index (χ2n) is 7.46. The van der Waals surface area contributed by atoms with Crippen molar-refractivity contribution in [3.05, 3.63) is 24.3 Å². The molecule has 1 aliphatic rings. The van der Waals surface area contributed by atoms with E-state index in [0.29, 0.717) is 23.9 Å². The van der Waals surface area contributed by atoms with Gasteiger partial charge in [-0.3, -0.25) is 9.59 Å². The molecule has 1 fully saturated rings. The van der Waals surface area contributed by atoms with Gasteiger partial charge in [0.05, 0.1) is 30.9 Å². The minimum Gasteiger partial charge on any atom is -0.497 e. The Balaban J connectivity index is 1.54. The zero-order valence-electron chi connectivity index (χ0n) is 18.3. The third-order valence-corrected chi connectivity index (χ3v) is 7.95. The van der Waals surface area contributed by atoms with E-state index < -0.39 is 9.84 Å². The average Bonchev–Trinajstić information content (AvgIpc) is 3.31. The molecule has 1 atom stereocenters. The van der Waals surface area contributed by atoms with Gasteiger partial charge in [-0.2, -0.15) is 0 Å². The zero-order chi connectivity index (χ0) is 23.3. The molecule has 1 saturated heterocycles. The van der Waals surface area contributed by atoms with Crippen LogP contribution in [0, 0.1) is 0 Å². The maximum Gasteiger partial charge on any atom is 0.239 e. The van der Waals surface area contributed by atoms with Gasteiger partial charge in [-0.1, -0.05) is 11.8 Å². The summed E-state index contributed by atoms with van der Waals surface area (Å²) >= 11 is 1.24. The fraction of sp³-hybridized carbons (Fsp3) is 0.500. The Labute approximate surface area is 191 Å². The van der Waals surface area contributed by atoms with E-state index in [9.17, 15) is 18.0 Å². The van der Waals surface area contributed by atoms with Crippen LogP contribution >= 0.6 is 11.8 Å². The zero-order valence-corrected chi connectivity index (χ0v) is 19.9. The standard InChI is InChI=1S/C20H27N5O5S2/c1-4-25(11-17(26)21-15-9-10-32(28,29)13-15)18(27)12-31-20-23-22-19(24(20)2)14-5-7-16(30-3)8-6-14/h5-8,15H,4,9-13H2,1-3H3,(H,21,26)/t15-/m1/s1. The fourth-order valence-corrected chi connectivity index (χ4v) is 5.87. The van der Waals surface area contributed by atoms with E-state index in [1.54, 1.807) is 14.0 Å². The Morgan fingerprint density at radius 3 is 2.59 bits per heavy atom. The van der Waals surface area contributed by atoms with Gasteiger partial charge in [0, 0.05) is 25.2 Å². The summed E-state index contributed by atoms with van der Waals surface area (Å²) in [5.41, 5.74) is 0.875. The minimum atomic E-state index is -3.08. The molecule has 1 N–H and O–H groups in total. The molecule has 174 valence electrons. The molecular weight excluding hydrogens is 454 g/mol. The molecule has 1 aliphatic heterocycles. The number of likely N-dealkylation sites (N-methyl/N-ethyl adjacent to an activating group) is 1. The maximum absolute atomic E-state index is 12.6. The second-order valence-corrected chi connectivity index (χ2v) is 10.6. The van der Waals surface area contributed by atoms with Gasteiger partial charge >= 0.3 is 0 Å².